The lowest BCUT2D eigenvalue weighted by Crippen LogP contribution is -2.65. The van der Waals surface area contributed by atoms with Gasteiger partial charge >= 0.3 is 8.32 Å². The lowest BCUT2D eigenvalue weighted by molar-refractivity contribution is -0.104. The first-order valence-electron chi connectivity index (χ1n) is 7.41. The Morgan fingerprint density at radius 2 is 1.32 bits per heavy atom. The molecule has 114 valence electrons. The highest BCUT2D eigenvalue weighted by atomic mass is 28.4. The van der Waals surface area contributed by atoms with Gasteiger partial charge < -0.3 is 4.43 Å². The molecule has 0 aliphatic heterocycles. The monoisotopic (exact) mass is 310 g/mol. The SMILES string of the molecule is CC(C)(C)[Si](O/C=C/C=O)(c1ccccc1)c1ccccc1. The molecule has 2 nitrogen and oxygen atoms in total. The van der Waals surface area contributed by atoms with Crippen molar-refractivity contribution in [1.82, 2.24) is 0 Å². The molecular formula is C19H22O2Si. The Hall–Kier alpha value is -2.13. The van der Waals surface area contributed by atoms with Gasteiger partial charge in [-0.15, -0.1) is 0 Å². The number of rotatable bonds is 5. The first-order chi connectivity index (χ1) is 10.5. The van der Waals surface area contributed by atoms with Crippen LogP contribution in [0.25, 0.3) is 0 Å². The molecule has 0 saturated heterocycles. The number of benzene rings is 2. The standard InChI is InChI=1S/C19H22O2Si/c1-19(2,3)22(21-16-10-15-20,17-11-6-4-7-12-17)18-13-8-5-9-14-18/h4-16H,1-3H3/b16-10+. The van der Waals surface area contributed by atoms with Crippen molar-refractivity contribution in [3.05, 3.63) is 73.0 Å². The molecular weight excluding hydrogens is 288 g/mol. The molecule has 0 bridgehead atoms. The van der Waals surface area contributed by atoms with E-state index in [2.05, 4.69) is 45.0 Å². The number of carbonyl (C=O) groups excluding carboxylic acids is 1. The number of carbonyl (C=O) groups is 1. The summed E-state index contributed by atoms with van der Waals surface area (Å²) in [4.78, 5) is 10.7. The summed E-state index contributed by atoms with van der Waals surface area (Å²) in [5.74, 6) is 0. The lowest BCUT2D eigenvalue weighted by atomic mass is 10.2. The fraction of sp³-hybridized carbons (Fsp3) is 0.211. The van der Waals surface area contributed by atoms with Crippen LogP contribution in [0.15, 0.2) is 73.0 Å². The Morgan fingerprint density at radius 3 is 1.68 bits per heavy atom. The maximum atomic E-state index is 10.7. The molecule has 0 saturated carbocycles. The van der Waals surface area contributed by atoms with E-state index in [1.165, 1.54) is 16.4 Å². The van der Waals surface area contributed by atoms with E-state index >= 15 is 0 Å². The molecule has 0 aromatic heterocycles. The first-order valence-corrected chi connectivity index (χ1v) is 9.32. The van der Waals surface area contributed by atoms with E-state index in [1.54, 1.807) is 6.26 Å². The van der Waals surface area contributed by atoms with Gasteiger partial charge in [0.25, 0.3) is 0 Å². The van der Waals surface area contributed by atoms with Crippen LogP contribution in [0.1, 0.15) is 20.8 Å². The Kier molecular flexibility index (Phi) is 4.98. The van der Waals surface area contributed by atoms with Crippen molar-refractivity contribution >= 4 is 25.0 Å². The minimum absolute atomic E-state index is 0.0804. The van der Waals surface area contributed by atoms with Gasteiger partial charge in [-0.2, -0.15) is 0 Å². The molecule has 0 N–H and O–H groups in total. The molecule has 2 aromatic rings. The van der Waals surface area contributed by atoms with Gasteiger partial charge in [0, 0.05) is 6.08 Å². The molecule has 22 heavy (non-hydrogen) atoms. The Bertz CT molecular complexity index is 588. The lowest BCUT2D eigenvalue weighted by Gasteiger charge is -2.41. The molecule has 0 aliphatic rings. The Morgan fingerprint density at radius 1 is 0.864 bits per heavy atom. The average Bonchev–Trinajstić information content (AvgIpc) is 2.52. The molecule has 0 fully saturated rings. The molecule has 2 aromatic carbocycles. The van der Waals surface area contributed by atoms with Crippen LogP contribution in [-0.2, 0) is 9.22 Å². The van der Waals surface area contributed by atoms with Gasteiger partial charge in [0.15, 0.2) is 0 Å². The van der Waals surface area contributed by atoms with Crippen molar-refractivity contribution in [3.63, 3.8) is 0 Å². The summed E-state index contributed by atoms with van der Waals surface area (Å²) in [6.07, 6.45) is 3.71. The quantitative estimate of drug-likeness (QED) is 0.367. The van der Waals surface area contributed by atoms with Gasteiger partial charge in [-0.3, -0.25) is 4.79 Å². The molecule has 0 radical (unpaired) electrons. The van der Waals surface area contributed by atoms with Crippen molar-refractivity contribution in [2.24, 2.45) is 0 Å². The van der Waals surface area contributed by atoms with Crippen molar-refractivity contribution in [3.8, 4) is 0 Å². The second kappa shape index (κ2) is 6.75. The fourth-order valence-electron chi connectivity index (χ4n) is 2.86. The fourth-order valence-corrected chi connectivity index (χ4v) is 7.16. The maximum Gasteiger partial charge on any atom is 0.319 e. The zero-order chi connectivity index (χ0) is 16.1. The van der Waals surface area contributed by atoms with Gasteiger partial charge in [-0.05, 0) is 15.4 Å². The smallest absolute Gasteiger partial charge is 0.319 e. The highest BCUT2D eigenvalue weighted by Crippen LogP contribution is 2.36. The van der Waals surface area contributed by atoms with E-state index in [4.69, 9.17) is 4.43 Å². The van der Waals surface area contributed by atoms with E-state index in [0.717, 1.165) is 6.29 Å². The molecule has 0 aliphatic carbocycles. The van der Waals surface area contributed by atoms with E-state index in [1.807, 2.05) is 36.4 Å². The summed E-state index contributed by atoms with van der Waals surface area (Å²) >= 11 is 0. The van der Waals surface area contributed by atoms with Crippen LogP contribution in [0.2, 0.25) is 5.04 Å². The highest BCUT2D eigenvalue weighted by Gasteiger charge is 2.51. The highest BCUT2D eigenvalue weighted by molar-refractivity contribution is 6.99. The first kappa shape index (κ1) is 16.2. The third-order valence-electron chi connectivity index (χ3n) is 3.82. The second-order valence-corrected chi connectivity index (χ2v) is 10.5. The van der Waals surface area contributed by atoms with Crippen LogP contribution >= 0.6 is 0 Å². The summed E-state index contributed by atoms with van der Waals surface area (Å²) in [7, 11) is -2.53. The van der Waals surface area contributed by atoms with Crippen molar-refractivity contribution in [2.75, 3.05) is 0 Å². The van der Waals surface area contributed by atoms with Crippen LogP contribution in [0.3, 0.4) is 0 Å². The van der Waals surface area contributed by atoms with Crippen LogP contribution in [0.5, 0.6) is 0 Å². The van der Waals surface area contributed by atoms with Gasteiger partial charge in [0.2, 0.25) is 0 Å². The topological polar surface area (TPSA) is 26.3 Å². The Balaban J connectivity index is 2.69. The van der Waals surface area contributed by atoms with Crippen LogP contribution in [0.4, 0.5) is 0 Å². The maximum absolute atomic E-state index is 10.7. The summed E-state index contributed by atoms with van der Waals surface area (Å²) in [6.45, 7) is 6.61. The van der Waals surface area contributed by atoms with Crippen LogP contribution in [0, 0.1) is 0 Å². The average molecular weight is 310 g/mol. The minimum Gasteiger partial charge on any atom is -0.540 e. The summed E-state index contributed by atoms with van der Waals surface area (Å²) in [5.41, 5.74) is 0. The second-order valence-electron chi connectivity index (χ2n) is 6.25. The molecule has 0 heterocycles. The van der Waals surface area contributed by atoms with Gasteiger partial charge in [-0.25, -0.2) is 0 Å². The predicted octanol–water partition coefficient (Wildman–Crippen LogP) is 3.28. The molecule has 0 atom stereocenters. The van der Waals surface area contributed by atoms with Crippen LogP contribution in [-0.4, -0.2) is 14.6 Å². The normalized spacial score (nSPS) is 12.3. The number of aldehydes is 1. The Labute approximate surface area is 133 Å². The van der Waals surface area contributed by atoms with E-state index < -0.39 is 8.32 Å². The zero-order valence-electron chi connectivity index (χ0n) is 13.3. The minimum atomic E-state index is -2.53. The third-order valence-corrected chi connectivity index (χ3v) is 8.71. The third kappa shape index (κ3) is 3.04. The number of hydrogen-bond donors (Lipinski definition) is 0. The van der Waals surface area contributed by atoms with E-state index in [9.17, 15) is 4.79 Å². The van der Waals surface area contributed by atoms with E-state index in [0.29, 0.717) is 0 Å². The predicted molar refractivity (Wildman–Crippen MR) is 93.9 cm³/mol. The largest absolute Gasteiger partial charge is 0.540 e. The van der Waals surface area contributed by atoms with Crippen molar-refractivity contribution < 1.29 is 9.22 Å². The zero-order valence-corrected chi connectivity index (χ0v) is 14.3. The number of hydrogen-bond acceptors (Lipinski definition) is 2. The van der Waals surface area contributed by atoms with Crippen LogP contribution < -0.4 is 10.4 Å². The molecule has 3 heteroatoms. The van der Waals surface area contributed by atoms with Gasteiger partial charge in [0.1, 0.15) is 6.29 Å². The summed E-state index contributed by atoms with van der Waals surface area (Å²) in [6, 6.07) is 20.7. The molecule has 0 amide bonds. The van der Waals surface area contributed by atoms with E-state index in [-0.39, 0.29) is 5.04 Å². The summed E-state index contributed by atoms with van der Waals surface area (Å²) < 4.78 is 6.33. The molecule has 0 spiro atoms. The van der Waals surface area contributed by atoms with Gasteiger partial charge in [0.05, 0.1) is 6.26 Å². The van der Waals surface area contributed by atoms with Gasteiger partial charge in [-0.1, -0.05) is 81.4 Å². The molecule has 0 unspecified atom stereocenters. The van der Waals surface area contributed by atoms with Crippen molar-refractivity contribution in [1.29, 1.82) is 0 Å². The van der Waals surface area contributed by atoms with Crippen molar-refractivity contribution in [2.45, 2.75) is 25.8 Å². The molecule has 2 rings (SSSR count). The summed E-state index contributed by atoms with van der Waals surface area (Å²) in [5, 5.41) is 2.32. The number of allylic oxidation sites excluding steroid dienone is 1.